The van der Waals surface area contributed by atoms with E-state index in [0.29, 0.717) is 25.3 Å². The highest BCUT2D eigenvalue weighted by Crippen LogP contribution is 2.35. The van der Waals surface area contributed by atoms with E-state index >= 15 is 0 Å². The third-order valence-corrected chi connectivity index (χ3v) is 6.66. The number of anilines is 1. The fourth-order valence-electron chi connectivity index (χ4n) is 2.69. The average molecular weight is 371 g/mol. The Labute approximate surface area is 146 Å². The van der Waals surface area contributed by atoms with Gasteiger partial charge in [0.1, 0.15) is 4.90 Å². The van der Waals surface area contributed by atoms with Gasteiger partial charge in [-0.3, -0.25) is 4.31 Å². The number of hydrogen-bond acceptors (Lipinski definition) is 3. The number of fused-ring (bicyclic) bond motifs is 1. The topological polar surface area (TPSA) is 40.6 Å². The van der Waals surface area contributed by atoms with Crippen LogP contribution in [0.3, 0.4) is 0 Å². The third-order valence-electron chi connectivity index (χ3n) is 3.87. The number of benzene rings is 2. The minimum atomic E-state index is -3.79. The summed E-state index contributed by atoms with van der Waals surface area (Å²) in [7, 11) is -1.81. The summed E-state index contributed by atoms with van der Waals surface area (Å²) in [6.45, 7) is 1.69. The number of likely N-dealkylation sites (N-methyl/N-ethyl adjacent to an activating group) is 1. The summed E-state index contributed by atoms with van der Waals surface area (Å²) in [4.78, 5) is 2.12. The number of rotatable bonds is 2. The van der Waals surface area contributed by atoms with Crippen molar-refractivity contribution in [3.63, 3.8) is 0 Å². The molecule has 2 aromatic rings. The van der Waals surface area contributed by atoms with Gasteiger partial charge in [-0.05, 0) is 30.8 Å². The Morgan fingerprint density at radius 3 is 2.52 bits per heavy atom. The highest BCUT2D eigenvalue weighted by Gasteiger charge is 2.31. The molecule has 0 N–H and O–H groups in total. The molecule has 1 aliphatic rings. The summed E-state index contributed by atoms with van der Waals surface area (Å²) in [5.41, 5.74) is 1.65. The van der Waals surface area contributed by atoms with Crippen molar-refractivity contribution in [2.75, 3.05) is 24.4 Å². The summed E-state index contributed by atoms with van der Waals surface area (Å²) < 4.78 is 27.7. The van der Waals surface area contributed by atoms with E-state index in [1.165, 1.54) is 10.4 Å². The molecule has 3 rings (SSSR count). The van der Waals surface area contributed by atoms with Gasteiger partial charge in [0.25, 0.3) is 10.0 Å². The first-order chi connectivity index (χ1) is 10.9. The predicted octanol–water partition coefficient (Wildman–Crippen LogP) is 3.63. The second-order valence-electron chi connectivity index (χ2n) is 5.50. The second kappa shape index (κ2) is 6.32. The van der Waals surface area contributed by atoms with E-state index in [-0.39, 0.29) is 14.9 Å². The minimum Gasteiger partial charge on any atom is -0.300 e. The predicted molar refractivity (Wildman–Crippen MR) is 93.8 cm³/mol. The van der Waals surface area contributed by atoms with Gasteiger partial charge >= 0.3 is 0 Å². The van der Waals surface area contributed by atoms with Crippen LogP contribution in [0.2, 0.25) is 10.0 Å². The van der Waals surface area contributed by atoms with E-state index in [2.05, 4.69) is 4.90 Å². The van der Waals surface area contributed by atoms with Crippen molar-refractivity contribution in [2.45, 2.75) is 11.4 Å². The molecule has 1 aliphatic heterocycles. The first-order valence-electron chi connectivity index (χ1n) is 7.14. The molecule has 0 amide bonds. The lowest BCUT2D eigenvalue weighted by Gasteiger charge is -2.25. The van der Waals surface area contributed by atoms with Gasteiger partial charge in [0, 0.05) is 19.6 Å². The van der Waals surface area contributed by atoms with Gasteiger partial charge < -0.3 is 4.90 Å². The number of sulfonamides is 1. The number of hydrogen-bond donors (Lipinski definition) is 0. The molecule has 0 saturated carbocycles. The standard InChI is InChI=1S/C16H16Cl2N2O2S/c1-19-9-10-20(14-7-3-2-5-12(14)11-19)23(21,22)15-8-4-6-13(17)16(15)18/h2-8H,9-11H2,1H3. The Balaban J connectivity index is 2.15. The second-order valence-corrected chi connectivity index (χ2v) is 8.11. The van der Waals surface area contributed by atoms with Crippen LogP contribution in [0.25, 0.3) is 0 Å². The lowest BCUT2D eigenvalue weighted by molar-refractivity contribution is 0.344. The van der Waals surface area contributed by atoms with E-state index in [1.807, 2.05) is 31.3 Å². The van der Waals surface area contributed by atoms with E-state index in [1.54, 1.807) is 12.1 Å². The van der Waals surface area contributed by atoms with Gasteiger partial charge in [-0.1, -0.05) is 47.5 Å². The summed E-state index contributed by atoms with van der Waals surface area (Å²) in [6, 6.07) is 12.2. The molecule has 0 atom stereocenters. The molecule has 0 spiro atoms. The molecule has 0 radical (unpaired) electrons. The van der Waals surface area contributed by atoms with E-state index in [4.69, 9.17) is 23.2 Å². The van der Waals surface area contributed by atoms with Crippen LogP contribution in [0, 0.1) is 0 Å². The van der Waals surface area contributed by atoms with Crippen molar-refractivity contribution in [1.82, 2.24) is 4.90 Å². The SMILES string of the molecule is CN1CCN(S(=O)(=O)c2cccc(Cl)c2Cl)c2ccccc2C1. The van der Waals surface area contributed by atoms with Crippen LogP contribution in [0.15, 0.2) is 47.4 Å². The maximum atomic E-state index is 13.1. The van der Waals surface area contributed by atoms with Crippen molar-refractivity contribution in [3.05, 3.63) is 58.1 Å². The summed E-state index contributed by atoms with van der Waals surface area (Å²) >= 11 is 12.1. The Morgan fingerprint density at radius 2 is 1.74 bits per heavy atom. The first-order valence-corrected chi connectivity index (χ1v) is 9.34. The fraction of sp³-hybridized carbons (Fsp3) is 0.250. The van der Waals surface area contributed by atoms with Crippen LogP contribution in [0.1, 0.15) is 5.56 Å². The minimum absolute atomic E-state index is 0.0334. The summed E-state index contributed by atoms with van der Waals surface area (Å²) in [5.74, 6) is 0. The van der Waals surface area contributed by atoms with Gasteiger partial charge in [0.05, 0.1) is 15.7 Å². The van der Waals surface area contributed by atoms with Gasteiger partial charge in [-0.25, -0.2) is 8.42 Å². The van der Waals surface area contributed by atoms with Crippen LogP contribution < -0.4 is 4.31 Å². The smallest absolute Gasteiger partial charge is 0.265 e. The average Bonchev–Trinajstić information content (AvgIpc) is 2.68. The fourth-order valence-corrected chi connectivity index (χ4v) is 4.92. The lowest BCUT2D eigenvalue weighted by atomic mass is 10.2. The molecular weight excluding hydrogens is 355 g/mol. The zero-order valence-electron chi connectivity index (χ0n) is 12.5. The molecule has 23 heavy (non-hydrogen) atoms. The van der Waals surface area contributed by atoms with Crippen molar-refractivity contribution < 1.29 is 8.42 Å². The zero-order chi connectivity index (χ0) is 16.6. The summed E-state index contributed by atoms with van der Waals surface area (Å²) in [6.07, 6.45) is 0. The van der Waals surface area contributed by atoms with Crippen LogP contribution in [0.5, 0.6) is 0 Å². The molecule has 0 saturated heterocycles. The Bertz CT molecular complexity index is 840. The van der Waals surface area contributed by atoms with Gasteiger partial charge in [0.2, 0.25) is 0 Å². The van der Waals surface area contributed by atoms with Gasteiger partial charge in [-0.2, -0.15) is 0 Å². The zero-order valence-corrected chi connectivity index (χ0v) is 14.9. The van der Waals surface area contributed by atoms with Crippen LogP contribution in [0.4, 0.5) is 5.69 Å². The molecule has 4 nitrogen and oxygen atoms in total. The lowest BCUT2D eigenvalue weighted by Crippen LogP contribution is -2.35. The Kier molecular flexibility index (Phi) is 4.56. The summed E-state index contributed by atoms with van der Waals surface area (Å²) in [5, 5.41) is 0.289. The molecule has 122 valence electrons. The molecule has 0 unspecified atom stereocenters. The highest BCUT2D eigenvalue weighted by molar-refractivity contribution is 7.93. The first kappa shape index (κ1) is 16.6. The molecule has 0 fully saturated rings. The number of halogens is 2. The number of para-hydroxylation sites is 1. The van der Waals surface area contributed by atoms with Crippen LogP contribution in [-0.2, 0) is 16.6 Å². The Morgan fingerprint density at radius 1 is 1.00 bits per heavy atom. The van der Waals surface area contributed by atoms with E-state index in [9.17, 15) is 8.42 Å². The largest absolute Gasteiger partial charge is 0.300 e. The molecule has 0 bridgehead atoms. The Hall–Kier alpha value is -1.27. The quantitative estimate of drug-likeness (QED) is 0.810. The highest BCUT2D eigenvalue weighted by atomic mass is 35.5. The monoisotopic (exact) mass is 370 g/mol. The maximum absolute atomic E-state index is 13.1. The van der Waals surface area contributed by atoms with Gasteiger partial charge in [0.15, 0.2) is 0 Å². The van der Waals surface area contributed by atoms with E-state index in [0.717, 1.165) is 5.56 Å². The molecule has 7 heteroatoms. The van der Waals surface area contributed by atoms with Crippen molar-refractivity contribution >= 4 is 38.9 Å². The van der Waals surface area contributed by atoms with Gasteiger partial charge in [-0.15, -0.1) is 0 Å². The third kappa shape index (κ3) is 3.06. The van der Waals surface area contributed by atoms with E-state index < -0.39 is 10.0 Å². The molecule has 0 aliphatic carbocycles. The van der Waals surface area contributed by atoms with Crippen molar-refractivity contribution in [2.24, 2.45) is 0 Å². The molecular formula is C16H16Cl2N2O2S. The molecule has 2 aromatic carbocycles. The molecule has 0 aromatic heterocycles. The van der Waals surface area contributed by atoms with Crippen LogP contribution >= 0.6 is 23.2 Å². The van der Waals surface area contributed by atoms with Crippen molar-refractivity contribution in [1.29, 1.82) is 0 Å². The van der Waals surface area contributed by atoms with Crippen molar-refractivity contribution in [3.8, 4) is 0 Å². The normalized spacial score (nSPS) is 16.0. The molecule has 1 heterocycles. The maximum Gasteiger partial charge on any atom is 0.265 e. The van der Waals surface area contributed by atoms with Crippen LogP contribution in [-0.4, -0.2) is 33.5 Å². The number of nitrogens with zero attached hydrogens (tertiary/aromatic N) is 2.